The molecule has 9 heteroatoms. The van der Waals surface area contributed by atoms with Gasteiger partial charge in [-0.25, -0.2) is 0 Å². The summed E-state index contributed by atoms with van der Waals surface area (Å²) in [5, 5.41) is 2.70. The number of carbonyl (C=O) groups is 2. The van der Waals surface area contributed by atoms with Crippen molar-refractivity contribution in [2.24, 2.45) is 23.2 Å². The molecule has 0 unspecified atom stereocenters. The van der Waals surface area contributed by atoms with E-state index in [9.17, 15) is 22.8 Å². The van der Waals surface area contributed by atoms with Crippen molar-refractivity contribution in [3.8, 4) is 5.75 Å². The Morgan fingerprint density at radius 3 is 2.00 bits per heavy atom. The number of nitrogens with one attached hydrogen (secondary N) is 1. The molecular formula is C24H30F3N3O3. The predicted octanol–water partition coefficient (Wildman–Crippen LogP) is 3.88. The summed E-state index contributed by atoms with van der Waals surface area (Å²) >= 11 is 0. The molecule has 4 aliphatic carbocycles. The minimum Gasteiger partial charge on any atom is -0.406 e. The summed E-state index contributed by atoms with van der Waals surface area (Å²) in [6.45, 7) is 2.74. The van der Waals surface area contributed by atoms with Gasteiger partial charge in [0.1, 0.15) is 5.75 Å². The molecule has 180 valence electrons. The Bertz CT molecular complexity index is 859. The number of hydrogen-bond donors (Lipinski definition) is 1. The van der Waals surface area contributed by atoms with Gasteiger partial charge in [-0.2, -0.15) is 0 Å². The number of hydrogen-bond acceptors (Lipinski definition) is 4. The quantitative estimate of drug-likeness (QED) is 0.717. The van der Waals surface area contributed by atoms with E-state index in [1.165, 1.54) is 31.4 Å². The Labute approximate surface area is 191 Å². The zero-order valence-electron chi connectivity index (χ0n) is 18.6. The molecule has 4 saturated carbocycles. The van der Waals surface area contributed by atoms with Crippen LogP contribution < -0.4 is 10.1 Å². The highest BCUT2D eigenvalue weighted by molar-refractivity contribution is 5.92. The van der Waals surface area contributed by atoms with Crippen LogP contribution in [0.5, 0.6) is 5.75 Å². The summed E-state index contributed by atoms with van der Waals surface area (Å²) < 4.78 is 40.6. The number of carbonyl (C=O) groups excluding carboxylic acids is 2. The van der Waals surface area contributed by atoms with Gasteiger partial charge in [0.25, 0.3) is 0 Å². The topological polar surface area (TPSA) is 61.9 Å². The van der Waals surface area contributed by atoms with Crippen LogP contribution in [0.3, 0.4) is 0 Å². The normalized spacial score (nSPS) is 31.5. The lowest BCUT2D eigenvalue weighted by atomic mass is 9.49. The first kappa shape index (κ1) is 22.5. The molecule has 1 heterocycles. The van der Waals surface area contributed by atoms with Gasteiger partial charge in [0.2, 0.25) is 11.8 Å². The molecule has 6 nitrogen and oxygen atoms in total. The molecule has 2 amide bonds. The van der Waals surface area contributed by atoms with Crippen LogP contribution in [0.15, 0.2) is 24.3 Å². The fourth-order valence-electron chi connectivity index (χ4n) is 6.96. The average Bonchev–Trinajstić information content (AvgIpc) is 2.73. The number of alkyl halides is 3. The van der Waals surface area contributed by atoms with E-state index in [1.54, 1.807) is 0 Å². The number of nitrogens with zero attached hydrogens (tertiary/aromatic N) is 2. The standard InChI is InChI=1S/C24H30F3N3O3/c25-24(26,27)33-20-3-1-19(2-4-20)28-21(31)15-29-5-7-30(8-6-29)22(32)23-12-16-9-17(13-23)11-18(10-16)14-23/h1-4,16-18H,5-15H2,(H,28,31). The van der Waals surface area contributed by atoms with Gasteiger partial charge in [-0.15, -0.1) is 13.2 Å². The molecule has 0 aromatic heterocycles. The van der Waals surface area contributed by atoms with Crippen LogP contribution >= 0.6 is 0 Å². The fraction of sp³-hybridized carbons (Fsp3) is 0.667. The van der Waals surface area contributed by atoms with Crippen LogP contribution in [-0.2, 0) is 9.59 Å². The van der Waals surface area contributed by atoms with Crippen molar-refractivity contribution in [3.63, 3.8) is 0 Å². The van der Waals surface area contributed by atoms with E-state index in [0.29, 0.717) is 37.8 Å². The third-order valence-corrected chi connectivity index (χ3v) is 7.89. The minimum absolute atomic E-state index is 0.129. The lowest BCUT2D eigenvalue weighted by Crippen LogP contribution is -2.58. The van der Waals surface area contributed by atoms with Gasteiger partial charge >= 0.3 is 6.36 Å². The first-order chi connectivity index (χ1) is 15.7. The molecule has 0 atom stereocenters. The van der Waals surface area contributed by atoms with E-state index < -0.39 is 6.36 Å². The number of amides is 2. The molecule has 1 aromatic rings. The molecule has 0 spiro atoms. The van der Waals surface area contributed by atoms with Crippen molar-refractivity contribution in [1.82, 2.24) is 9.80 Å². The number of rotatable bonds is 5. The number of ether oxygens (including phenoxy) is 1. The summed E-state index contributed by atoms with van der Waals surface area (Å²) in [5.74, 6) is 1.98. The molecular weight excluding hydrogens is 435 g/mol. The lowest BCUT2D eigenvalue weighted by Gasteiger charge is -2.57. The highest BCUT2D eigenvalue weighted by Crippen LogP contribution is 2.60. The van der Waals surface area contributed by atoms with Crippen molar-refractivity contribution in [1.29, 1.82) is 0 Å². The van der Waals surface area contributed by atoms with Crippen LogP contribution in [-0.4, -0.2) is 60.7 Å². The van der Waals surface area contributed by atoms with Gasteiger partial charge < -0.3 is 15.0 Å². The summed E-state index contributed by atoms with van der Waals surface area (Å²) in [6, 6.07) is 5.08. The molecule has 5 aliphatic rings. The molecule has 1 N–H and O–H groups in total. The van der Waals surface area contributed by atoms with Gasteiger partial charge in [0.15, 0.2) is 0 Å². The summed E-state index contributed by atoms with van der Waals surface area (Å²) in [4.78, 5) is 29.9. The maximum atomic E-state index is 13.5. The first-order valence-corrected chi connectivity index (χ1v) is 11.8. The molecule has 5 fully saturated rings. The van der Waals surface area contributed by atoms with Gasteiger partial charge in [0.05, 0.1) is 12.0 Å². The zero-order valence-corrected chi connectivity index (χ0v) is 18.6. The molecule has 1 saturated heterocycles. The second-order valence-electron chi connectivity index (χ2n) is 10.4. The third kappa shape index (κ3) is 4.98. The van der Waals surface area contributed by atoms with Gasteiger partial charge in [-0.1, -0.05) is 0 Å². The summed E-state index contributed by atoms with van der Waals surface area (Å²) in [6.07, 6.45) is 2.38. The molecule has 1 aromatic carbocycles. The smallest absolute Gasteiger partial charge is 0.406 e. The average molecular weight is 466 g/mol. The second-order valence-corrected chi connectivity index (χ2v) is 10.4. The maximum absolute atomic E-state index is 13.5. The fourth-order valence-corrected chi connectivity index (χ4v) is 6.96. The van der Waals surface area contributed by atoms with Crippen molar-refractivity contribution in [2.75, 3.05) is 38.0 Å². The molecule has 6 rings (SSSR count). The van der Waals surface area contributed by atoms with E-state index >= 15 is 0 Å². The number of benzene rings is 1. The van der Waals surface area contributed by atoms with Crippen LogP contribution in [0, 0.1) is 23.2 Å². The van der Waals surface area contributed by atoms with Gasteiger partial charge in [0, 0.05) is 31.9 Å². The number of piperazine rings is 1. The van der Waals surface area contributed by atoms with E-state index in [-0.39, 0.29) is 23.6 Å². The highest BCUT2D eigenvalue weighted by atomic mass is 19.4. The van der Waals surface area contributed by atoms with Crippen LogP contribution in [0.1, 0.15) is 38.5 Å². The van der Waals surface area contributed by atoms with Crippen molar-refractivity contribution in [2.45, 2.75) is 44.9 Å². The summed E-state index contributed by atoms with van der Waals surface area (Å²) in [5.41, 5.74) is 0.279. The van der Waals surface area contributed by atoms with E-state index in [2.05, 4.69) is 10.1 Å². The molecule has 1 aliphatic heterocycles. The number of halogens is 3. The largest absolute Gasteiger partial charge is 0.573 e. The van der Waals surface area contributed by atoms with E-state index in [1.807, 2.05) is 9.80 Å². The molecule has 33 heavy (non-hydrogen) atoms. The lowest BCUT2D eigenvalue weighted by molar-refractivity contribution is -0.274. The zero-order chi connectivity index (χ0) is 23.2. The maximum Gasteiger partial charge on any atom is 0.573 e. The van der Waals surface area contributed by atoms with E-state index in [0.717, 1.165) is 49.1 Å². The molecule has 0 radical (unpaired) electrons. The Morgan fingerprint density at radius 2 is 1.48 bits per heavy atom. The van der Waals surface area contributed by atoms with Crippen LogP contribution in [0.25, 0.3) is 0 Å². The van der Waals surface area contributed by atoms with Crippen LogP contribution in [0.2, 0.25) is 0 Å². The Kier molecular flexibility index (Phi) is 5.79. The minimum atomic E-state index is -4.75. The Hall–Kier alpha value is -2.29. The Morgan fingerprint density at radius 1 is 0.939 bits per heavy atom. The van der Waals surface area contributed by atoms with Gasteiger partial charge in [-0.3, -0.25) is 14.5 Å². The second kappa shape index (κ2) is 8.49. The first-order valence-electron chi connectivity index (χ1n) is 11.8. The monoisotopic (exact) mass is 465 g/mol. The van der Waals surface area contributed by atoms with Crippen molar-refractivity contribution in [3.05, 3.63) is 24.3 Å². The third-order valence-electron chi connectivity index (χ3n) is 7.89. The SMILES string of the molecule is O=C(CN1CCN(C(=O)C23CC4CC(CC(C4)C2)C3)CC1)Nc1ccc(OC(F)(F)F)cc1. The van der Waals surface area contributed by atoms with Gasteiger partial charge in [-0.05, 0) is 80.5 Å². The van der Waals surface area contributed by atoms with Crippen molar-refractivity contribution >= 4 is 17.5 Å². The molecule has 4 bridgehead atoms. The van der Waals surface area contributed by atoms with Crippen LogP contribution in [0.4, 0.5) is 18.9 Å². The van der Waals surface area contributed by atoms with Crippen molar-refractivity contribution < 1.29 is 27.5 Å². The Balaban J connectivity index is 1.09. The highest BCUT2D eigenvalue weighted by Gasteiger charge is 2.55. The van der Waals surface area contributed by atoms with E-state index in [4.69, 9.17) is 0 Å². The summed E-state index contributed by atoms with van der Waals surface area (Å²) in [7, 11) is 0. The predicted molar refractivity (Wildman–Crippen MR) is 115 cm³/mol. The number of anilines is 1.